The SMILES string of the molecule is CC(C)CN(Cc1ccccc1)C1CCN(C(=O)c2cccnc2)[C@@H](C(=O)NC2CCC(N)CC2)C1. The highest BCUT2D eigenvalue weighted by molar-refractivity contribution is 5.97. The zero-order valence-corrected chi connectivity index (χ0v) is 21.7. The summed E-state index contributed by atoms with van der Waals surface area (Å²) in [6, 6.07) is 14.1. The van der Waals surface area contributed by atoms with Gasteiger partial charge in [0.1, 0.15) is 6.04 Å². The van der Waals surface area contributed by atoms with Crippen LogP contribution in [0.2, 0.25) is 0 Å². The van der Waals surface area contributed by atoms with E-state index < -0.39 is 6.04 Å². The van der Waals surface area contributed by atoms with Crippen LogP contribution in [0.4, 0.5) is 0 Å². The molecule has 0 radical (unpaired) electrons. The summed E-state index contributed by atoms with van der Waals surface area (Å²) in [6.07, 6.45) is 8.36. The zero-order valence-electron chi connectivity index (χ0n) is 21.7. The van der Waals surface area contributed by atoms with Gasteiger partial charge >= 0.3 is 0 Å². The molecule has 7 heteroatoms. The topological polar surface area (TPSA) is 91.6 Å². The summed E-state index contributed by atoms with van der Waals surface area (Å²) in [5.41, 5.74) is 7.87. The molecule has 2 heterocycles. The van der Waals surface area contributed by atoms with E-state index in [1.165, 1.54) is 5.56 Å². The molecule has 3 N–H and O–H groups in total. The van der Waals surface area contributed by atoms with Crippen molar-refractivity contribution in [3.8, 4) is 0 Å². The molecule has 2 fully saturated rings. The summed E-state index contributed by atoms with van der Waals surface area (Å²) in [5, 5.41) is 3.27. The van der Waals surface area contributed by atoms with Crippen LogP contribution in [-0.4, -0.2) is 63.9 Å². The van der Waals surface area contributed by atoms with Crippen molar-refractivity contribution in [2.24, 2.45) is 11.7 Å². The Morgan fingerprint density at radius 2 is 1.83 bits per heavy atom. The third kappa shape index (κ3) is 6.92. The van der Waals surface area contributed by atoms with Gasteiger partial charge in [-0.3, -0.25) is 19.5 Å². The highest BCUT2D eigenvalue weighted by Gasteiger charge is 2.39. The van der Waals surface area contributed by atoms with Crippen molar-refractivity contribution in [2.45, 2.75) is 83.1 Å². The lowest BCUT2D eigenvalue weighted by Crippen LogP contribution is -2.59. The van der Waals surface area contributed by atoms with Gasteiger partial charge in [-0.05, 0) is 62.1 Å². The number of nitrogens with one attached hydrogen (secondary N) is 1. The summed E-state index contributed by atoms with van der Waals surface area (Å²) in [4.78, 5) is 35.5. The largest absolute Gasteiger partial charge is 0.352 e. The van der Waals surface area contributed by atoms with Gasteiger partial charge in [-0.1, -0.05) is 44.2 Å². The van der Waals surface area contributed by atoms with Crippen molar-refractivity contribution in [1.82, 2.24) is 20.1 Å². The van der Waals surface area contributed by atoms with Gasteiger partial charge in [0.15, 0.2) is 0 Å². The van der Waals surface area contributed by atoms with Gasteiger partial charge in [0.25, 0.3) is 5.91 Å². The Morgan fingerprint density at radius 1 is 1.08 bits per heavy atom. The van der Waals surface area contributed by atoms with Crippen molar-refractivity contribution in [3.63, 3.8) is 0 Å². The van der Waals surface area contributed by atoms with Gasteiger partial charge in [0, 0.05) is 50.2 Å². The number of carbonyl (C=O) groups is 2. The van der Waals surface area contributed by atoms with Crippen LogP contribution in [0.3, 0.4) is 0 Å². The maximum absolute atomic E-state index is 13.7. The summed E-state index contributed by atoms with van der Waals surface area (Å²) in [7, 11) is 0. The lowest BCUT2D eigenvalue weighted by Gasteiger charge is -2.44. The van der Waals surface area contributed by atoms with Gasteiger partial charge in [-0.15, -0.1) is 0 Å². The predicted molar refractivity (Wildman–Crippen MR) is 142 cm³/mol. The average Bonchev–Trinajstić information content (AvgIpc) is 2.89. The van der Waals surface area contributed by atoms with Crippen LogP contribution in [0, 0.1) is 5.92 Å². The molecule has 1 aliphatic carbocycles. The van der Waals surface area contributed by atoms with E-state index in [1.807, 2.05) is 6.07 Å². The molecule has 1 aliphatic heterocycles. The number of aromatic nitrogens is 1. The van der Waals surface area contributed by atoms with E-state index in [-0.39, 0.29) is 29.9 Å². The van der Waals surface area contributed by atoms with Crippen LogP contribution in [0.25, 0.3) is 0 Å². The zero-order chi connectivity index (χ0) is 25.5. The van der Waals surface area contributed by atoms with Gasteiger partial charge in [0.2, 0.25) is 5.91 Å². The molecule has 2 aliphatic rings. The minimum Gasteiger partial charge on any atom is -0.352 e. The van der Waals surface area contributed by atoms with Crippen molar-refractivity contribution < 1.29 is 9.59 Å². The number of pyridine rings is 1. The number of hydrogen-bond acceptors (Lipinski definition) is 5. The predicted octanol–water partition coefficient (Wildman–Crippen LogP) is 3.60. The molecule has 7 nitrogen and oxygen atoms in total. The molecule has 4 rings (SSSR count). The lowest BCUT2D eigenvalue weighted by atomic mass is 9.90. The quantitative estimate of drug-likeness (QED) is 0.589. The molecule has 36 heavy (non-hydrogen) atoms. The highest BCUT2D eigenvalue weighted by atomic mass is 16.2. The second-order valence-corrected chi connectivity index (χ2v) is 10.9. The lowest BCUT2D eigenvalue weighted by molar-refractivity contribution is -0.128. The van der Waals surface area contributed by atoms with Crippen LogP contribution in [0.15, 0.2) is 54.9 Å². The van der Waals surface area contributed by atoms with Crippen molar-refractivity contribution in [2.75, 3.05) is 13.1 Å². The Balaban J connectivity index is 1.53. The molecule has 0 spiro atoms. The summed E-state index contributed by atoms with van der Waals surface area (Å²) < 4.78 is 0. The van der Waals surface area contributed by atoms with Gasteiger partial charge in [-0.25, -0.2) is 0 Å². The first-order chi connectivity index (χ1) is 17.4. The Labute approximate surface area is 215 Å². The number of likely N-dealkylation sites (tertiary alicyclic amines) is 1. The summed E-state index contributed by atoms with van der Waals surface area (Å²) in [5.74, 6) is 0.343. The van der Waals surface area contributed by atoms with E-state index in [9.17, 15) is 9.59 Å². The Kier molecular flexibility index (Phi) is 9.10. The number of carbonyl (C=O) groups excluding carboxylic acids is 2. The summed E-state index contributed by atoms with van der Waals surface area (Å²) in [6.45, 7) is 6.81. The maximum Gasteiger partial charge on any atom is 0.256 e. The molecular formula is C29H41N5O2. The minimum atomic E-state index is -0.502. The molecular weight excluding hydrogens is 450 g/mol. The summed E-state index contributed by atoms with van der Waals surface area (Å²) >= 11 is 0. The van der Waals surface area contributed by atoms with E-state index in [0.717, 1.165) is 45.2 Å². The van der Waals surface area contributed by atoms with Crippen LogP contribution in [0.5, 0.6) is 0 Å². The Hall–Kier alpha value is -2.77. The molecule has 1 aromatic carbocycles. The first-order valence-corrected chi connectivity index (χ1v) is 13.5. The Bertz CT molecular complexity index is 976. The van der Waals surface area contributed by atoms with Crippen LogP contribution < -0.4 is 11.1 Å². The van der Waals surface area contributed by atoms with Crippen molar-refractivity contribution in [3.05, 3.63) is 66.0 Å². The molecule has 2 atom stereocenters. The highest BCUT2D eigenvalue weighted by Crippen LogP contribution is 2.27. The van der Waals surface area contributed by atoms with Crippen LogP contribution in [-0.2, 0) is 11.3 Å². The monoisotopic (exact) mass is 491 g/mol. The minimum absolute atomic E-state index is 0.0402. The van der Waals surface area contributed by atoms with Crippen molar-refractivity contribution >= 4 is 11.8 Å². The fourth-order valence-corrected chi connectivity index (χ4v) is 5.62. The molecule has 2 aromatic rings. The fraction of sp³-hybridized carbons (Fsp3) is 0.552. The molecule has 194 valence electrons. The van der Waals surface area contributed by atoms with Crippen LogP contribution in [0.1, 0.15) is 68.3 Å². The van der Waals surface area contributed by atoms with E-state index >= 15 is 0 Å². The van der Waals surface area contributed by atoms with E-state index in [2.05, 4.69) is 53.3 Å². The van der Waals surface area contributed by atoms with Crippen molar-refractivity contribution in [1.29, 1.82) is 0 Å². The number of amides is 2. The number of hydrogen-bond donors (Lipinski definition) is 2. The smallest absolute Gasteiger partial charge is 0.256 e. The fourth-order valence-electron chi connectivity index (χ4n) is 5.62. The number of nitrogens with zero attached hydrogens (tertiary/aromatic N) is 3. The van der Waals surface area contributed by atoms with E-state index in [1.54, 1.807) is 29.4 Å². The Morgan fingerprint density at radius 3 is 2.50 bits per heavy atom. The normalized spacial score (nSPS) is 24.6. The number of benzene rings is 1. The van der Waals surface area contributed by atoms with Gasteiger partial charge in [-0.2, -0.15) is 0 Å². The van der Waals surface area contributed by atoms with E-state index in [0.29, 0.717) is 24.4 Å². The van der Waals surface area contributed by atoms with Gasteiger partial charge in [0.05, 0.1) is 5.56 Å². The average molecular weight is 492 g/mol. The first kappa shape index (κ1) is 26.3. The molecule has 0 bridgehead atoms. The molecule has 1 saturated carbocycles. The van der Waals surface area contributed by atoms with Gasteiger partial charge < -0.3 is 16.0 Å². The second-order valence-electron chi connectivity index (χ2n) is 10.9. The van der Waals surface area contributed by atoms with Crippen LogP contribution >= 0.6 is 0 Å². The van der Waals surface area contributed by atoms with E-state index in [4.69, 9.17) is 5.73 Å². The maximum atomic E-state index is 13.7. The first-order valence-electron chi connectivity index (χ1n) is 13.5. The molecule has 2 amide bonds. The third-order valence-corrected chi connectivity index (χ3v) is 7.51. The molecule has 1 unspecified atom stereocenters. The molecule has 1 aromatic heterocycles. The number of piperidine rings is 1. The second kappa shape index (κ2) is 12.5. The number of nitrogens with two attached hydrogens (primary N) is 1. The standard InChI is InChI=1S/C29H41N5O2/c1-21(2)19-33(20-22-7-4-3-5-8-22)26-14-16-34(29(36)23-9-6-15-31-18-23)27(17-26)28(35)32-25-12-10-24(30)11-13-25/h3-9,15,18,21,24-27H,10-14,16-17,19-20,30H2,1-2H3,(H,32,35)/t24?,25?,26?,27-/m1/s1. The third-order valence-electron chi connectivity index (χ3n) is 7.51. The molecule has 1 saturated heterocycles. The number of rotatable bonds is 8.